The van der Waals surface area contributed by atoms with Crippen molar-refractivity contribution in [2.24, 2.45) is 11.8 Å². The quantitative estimate of drug-likeness (QED) is 0.906. The Balaban J connectivity index is 2.17. The zero-order chi connectivity index (χ0) is 11.7. The third-order valence-electron chi connectivity index (χ3n) is 3.21. The molecule has 2 heterocycles. The normalized spacial score (nSPS) is 20.8. The van der Waals surface area contributed by atoms with Crippen LogP contribution >= 0.6 is 15.9 Å². The van der Waals surface area contributed by atoms with Crippen LogP contribution in [0, 0.1) is 11.8 Å². The summed E-state index contributed by atoms with van der Waals surface area (Å²) in [5, 5.41) is 0. The second-order valence-corrected chi connectivity index (χ2v) is 5.49. The van der Waals surface area contributed by atoms with E-state index < -0.39 is 0 Å². The molecule has 0 aliphatic carbocycles. The Morgan fingerprint density at radius 3 is 2.94 bits per heavy atom. The van der Waals surface area contributed by atoms with Gasteiger partial charge in [-0.15, -0.1) is 0 Å². The minimum Gasteiger partial charge on any atom is -0.368 e. The first-order chi connectivity index (χ1) is 7.58. The fraction of sp³-hybridized carbons (Fsp3) is 0.636. The van der Waals surface area contributed by atoms with Crippen LogP contribution in [0.2, 0.25) is 0 Å². The number of rotatable bonds is 2. The summed E-state index contributed by atoms with van der Waals surface area (Å²) < 4.78 is 0.922. The summed E-state index contributed by atoms with van der Waals surface area (Å²) in [5.74, 6) is 2.74. The standard InChI is InChI=1S/C11H17BrN4/c1-7(2)8-3-4-16(6-8)10-9(12)5-14-11(13)15-10/h5,7-8H,3-4,6H2,1-2H3,(H2,13,14,15). The van der Waals surface area contributed by atoms with Crippen molar-refractivity contribution in [1.82, 2.24) is 9.97 Å². The molecular formula is C11H17BrN4. The van der Waals surface area contributed by atoms with E-state index in [1.54, 1.807) is 6.20 Å². The summed E-state index contributed by atoms with van der Waals surface area (Å²) in [5.41, 5.74) is 5.62. The van der Waals surface area contributed by atoms with E-state index in [0.29, 0.717) is 5.95 Å². The molecule has 1 fully saturated rings. The molecule has 1 unspecified atom stereocenters. The van der Waals surface area contributed by atoms with Crippen LogP contribution in [0.5, 0.6) is 0 Å². The summed E-state index contributed by atoms with van der Waals surface area (Å²) in [4.78, 5) is 10.5. The monoisotopic (exact) mass is 284 g/mol. The first-order valence-corrected chi connectivity index (χ1v) is 6.40. The summed E-state index contributed by atoms with van der Waals surface area (Å²) in [6, 6.07) is 0. The summed E-state index contributed by atoms with van der Waals surface area (Å²) in [6.45, 7) is 6.67. The fourth-order valence-electron chi connectivity index (χ4n) is 2.12. The van der Waals surface area contributed by atoms with Gasteiger partial charge in [-0.1, -0.05) is 13.8 Å². The Morgan fingerprint density at radius 2 is 2.31 bits per heavy atom. The van der Waals surface area contributed by atoms with E-state index in [9.17, 15) is 0 Å². The first-order valence-electron chi connectivity index (χ1n) is 5.61. The predicted molar refractivity (Wildman–Crippen MR) is 69.3 cm³/mol. The molecule has 0 saturated carbocycles. The number of hydrogen-bond acceptors (Lipinski definition) is 4. The highest BCUT2D eigenvalue weighted by Gasteiger charge is 2.26. The Hall–Kier alpha value is -0.840. The summed E-state index contributed by atoms with van der Waals surface area (Å²) in [6.07, 6.45) is 2.95. The van der Waals surface area contributed by atoms with Crippen LogP contribution in [0.4, 0.5) is 11.8 Å². The van der Waals surface area contributed by atoms with Crippen molar-refractivity contribution < 1.29 is 0 Å². The minimum absolute atomic E-state index is 0.339. The zero-order valence-corrected chi connectivity index (χ0v) is 11.2. The zero-order valence-electron chi connectivity index (χ0n) is 9.65. The van der Waals surface area contributed by atoms with Gasteiger partial charge in [-0.05, 0) is 34.2 Å². The molecular weight excluding hydrogens is 268 g/mol. The topological polar surface area (TPSA) is 55.0 Å². The molecule has 2 rings (SSSR count). The van der Waals surface area contributed by atoms with Crippen molar-refractivity contribution in [1.29, 1.82) is 0 Å². The number of nitrogen functional groups attached to an aromatic ring is 1. The molecule has 0 radical (unpaired) electrons. The van der Waals surface area contributed by atoms with Crippen LogP contribution in [0.15, 0.2) is 10.7 Å². The number of hydrogen-bond donors (Lipinski definition) is 1. The van der Waals surface area contributed by atoms with Gasteiger partial charge in [-0.2, -0.15) is 4.98 Å². The van der Waals surface area contributed by atoms with Crippen molar-refractivity contribution in [2.45, 2.75) is 20.3 Å². The van der Waals surface area contributed by atoms with Gasteiger partial charge in [-0.3, -0.25) is 0 Å². The van der Waals surface area contributed by atoms with Crippen molar-refractivity contribution >= 4 is 27.7 Å². The van der Waals surface area contributed by atoms with Crippen molar-refractivity contribution in [3.05, 3.63) is 10.7 Å². The average molecular weight is 285 g/mol. The third-order valence-corrected chi connectivity index (χ3v) is 3.77. The lowest BCUT2D eigenvalue weighted by Crippen LogP contribution is -2.23. The van der Waals surface area contributed by atoms with Gasteiger partial charge in [0.05, 0.1) is 4.47 Å². The summed E-state index contributed by atoms with van der Waals surface area (Å²) in [7, 11) is 0. The van der Waals surface area contributed by atoms with Gasteiger partial charge < -0.3 is 10.6 Å². The number of anilines is 2. The van der Waals surface area contributed by atoms with E-state index in [4.69, 9.17) is 5.73 Å². The van der Waals surface area contributed by atoms with Crippen molar-refractivity contribution in [3.63, 3.8) is 0 Å². The molecule has 1 aromatic heterocycles. The molecule has 5 heteroatoms. The molecule has 1 aliphatic heterocycles. The van der Waals surface area contributed by atoms with Gasteiger partial charge in [0.25, 0.3) is 0 Å². The molecule has 1 aromatic rings. The molecule has 0 aromatic carbocycles. The fourth-order valence-corrected chi connectivity index (χ4v) is 2.56. The molecule has 1 aliphatic rings. The van der Waals surface area contributed by atoms with Crippen LogP contribution < -0.4 is 10.6 Å². The largest absolute Gasteiger partial charge is 0.368 e. The Morgan fingerprint density at radius 1 is 1.56 bits per heavy atom. The second kappa shape index (κ2) is 4.57. The maximum Gasteiger partial charge on any atom is 0.222 e. The molecule has 88 valence electrons. The van der Waals surface area contributed by atoms with Gasteiger partial charge in [0.15, 0.2) is 0 Å². The third kappa shape index (κ3) is 2.29. The van der Waals surface area contributed by atoms with Crippen LogP contribution in [-0.2, 0) is 0 Å². The van der Waals surface area contributed by atoms with Crippen LogP contribution in [0.1, 0.15) is 20.3 Å². The summed E-state index contributed by atoms with van der Waals surface area (Å²) >= 11 is 3.48. The molecule has 0 bridgehead atoms. The molecule has 0 amide bonds. The van der Waals surface area contributed by atoms with E-state index >= 15 is 0 Å². The molecule has 0 spiro atoms. The van der Waals surface area contributed by atoms with Gasteiger partial charge in [0.1, 0.15) is 5.82 Å². The molecule has 2 N–H and O–H groups in total. The number of nitrogens with two attached hydrogens (primary N) is 1. The lowest BCUT2D eigenvalue weighted by atomic mass is 9.95. The second-order valence-electron chi connectivity index (χ2n) is 4.64. The van der Waals surface area contributed by atoms with Crippen LogP contribution in [-0.4, -0.2) is 23.1 Å². The van der Waals surface area contributed by atoms with Gasteiger partial charge in [0.2, 0.25) is 5.95 Å². The van der Waals surface area contributed by atoms with Gasteiger partial charge in [0, 0.05) is 19.3 Å². The highest BCUT2D eigenvalue weighted by atomic mass is 79.9. The molecule has 4 nitrogen and oxygen atoms in total. The minimum atomic E-state index is 0.339. The van der Waals surface area contributed by atoms with Crippen molar-refractivity contribution in [3.8, 4) is 0 Å². The number of nitrogens with zero attached hydrogens (tertiary/aromatic N) is 3. The number of halogens is 1. The molecule has 1 saturated heterocycles. The number of aromatic nitrogens is 2. The lowest BCUT2D eigenvalue weighted by molar-refractivity contribution is 0.422. The molecule has 16 heavy (non-hydrogen) atoms. The van der Waals surface area contributed by atoms with E-state index in [0.717, 1.165) is 35.2 Å². The first kappa shape index (κ1) is 11.6. The van der Waals surface area contributed by atoms with Gasteiger partial charge >= 0.3 is 0 Å². The highest BCUT2D eigenvalue weighted by Crippen LogP contribution is 2.31. The Kier molecular flexibility index (Phi) is 3.33. The Labute approximate surface area is 104 Å². The lowest BCUT2D eigenvalue weighted by Gasteiger charge is -2.20. The van der Waals surface area contributed by atoms with Crippen LogP contribution in [0.3, 0.4) is 0 Å². The highest BCUT2D eigenvalue weighted by molar-refractivity contribution is 9.10. The average Bonchev–Trinajstić information content (AvgIpc) is 2.70. The van der Waals surface area contributed by atoms with E-state index in [-0.39, 0.29) is 0 Å². The molecule has 1 atom stereocenters. The van der Waals surface area contributed by atoms with Crippen LogP contribution in [0.25, 0.3) is 0 Å². The maximum absolute atomic E-state index is 5.62. The smallest absolute Gasteiger partial charge is 0.222 e. The SMILES string of the molecule is CC(C)C1CCN(c2nc(N)ncc2Br)C1. The Bertz CT molecular complexity index is 380. The maximum atomic E-state index is 5.62. The van der Waals surface area contributed by atoms with Gasteiger partial charge in [-0.25, -0.2) is 4.98 Å². The van der Waals surface area contributed by atoms with Crippen molar-refractivity contribution in [2.75, 3.05) is 23.7 Å². The predicted octanol–water partition coefficient (Wildman–Crippen LogP) is 2.30. The van der Waals surface area contributed by atoms with E-state index in [1.807, 2.05) is 0 Å². The van der Waals surface area contributed by atoms with E-state index in [2.05, 4.69) is 44.6 Å². The van der Waals surface area contributed by atoms with E-state index in [1.165, 1.54) is 6.42 Å².